The lowest BCUT2D eigenvalue weighted by Gasteiger charge is -2.34. The van der Waals surface area contributed by atoms with Crippen molar-refractivity contribution in [1.29, 1.82) is 0 Å². The molecule has 1 aromatic carbocycles. The minimum Gasteiger partial charge on any atom is -0.336 e. The van der Waals surface area contributed by atoms with Crippen molar-refractivity contribution in [3.05, 3.63) is 57.8 Å². The number of aryl methyl sites for hydroxylation is 1. The molecule has 1 N–H and O–H groups in total. The summed E-state index contributed by atoms with van der Waals surface area (Å²) < 4.78 is 0. The predicted molar refractivity (Wildman–Crippen MR) is 104 cm³/mol. The van der Waals surface area contributed by atoms with Crippen LogP contribution in [-0.2, 0) is 6.42 Å². The maximum absolute atomic E-state index is 12.7. The fourth-order valence-electron chi connectivity index (χ4n) is 3.64. The number of thiophene rings is 1. The van der Waals surface area contributed by atoms with Gasteiger partial charge in [-0.05, 0) is 66.9 Å². The summed E-state index contributed by atoms with van der Waals surface area (Å²) in [4.78, 5) is 16.8. The topological polar surface area (TPSA) is 35.6 Å². The van der Waals surface area contributed by atoms with E-state index in [0.717, 1.165) is 19.3 Å². The third-order valence-electron chi connectivity index (χ3n) is 5.12. The normalized spacial score (nSPS) is 17.8. The molecule has 1 unspecified atom stereocenters. The number of nitrogens with zero attached hydrogens (tertiary/aromatic N) is 2. The molecule has 0 aliphatic heterocycles. The molecule has 5 heteroatoms. The van der Waals surface area contributed by atoms with Crippen LogP contribution in [0.25, 0.3) is 0 Å². The van der Waals surface area contributed by atoms with E-state index in [9.17, 15) is 4.79 Å². The highest BCUT2D eigenvalue weighted by Gasteiger charge is 2.27. The van der Waals surface area contributed by atoms with Crippen LogP contribution in [0.1, 0.15) is 41.6 Å². The van der Waals surface area contributed by atoms with Crippen LogP contribution in [0.3, 0.4) is 0 Å². The van der Waals surface area contributed by atoms with Crippen LogP contribution in [0.15, 0.2) is 41.1 Å². The zero-order valence-electron chi connectivity index (χ0n) is 15.2. The molecule has 2 amide bonds. The van der Waals surface area contributed by atoms with Crippen molar-refractivity contribution in [3.63, 3.8) is 0 Å². The molecule has 3 rings (SSSR count). The molecule has 4 nitrogen and oxygen atoms in total. The highest BCUT2D eigenvalue weighted by Crippen LogP contribution is 2.33. The van der Waals surface area contributed by atoms with Gasteiger partial charge in [-0.3, -0.25) is 0 Å². The zero-order valence-corrected chi connectivity index (χ0v) is 16.1. The van der Waals surface area contributed by atoms with Gasteiger partial charge < -0.3 is 15.1 Å². The van der Waals surface area contributed by atoms with Gasteiger partial charge in [0.2, 0.25) is 0 Å². The number of nitrogens with one attached hydrogen (secondary N) is 1. The zero-order chi connectivity index (χ0) is 17.8. The number of fused-ring (bicyclic) bond motifs is 1. The first-order valence-corrected chi connectivity index (χ1v) is 9.79. The van der Waals surface area contributed by atoms with Crippen molar-refractivity contribution in [2.24, 2.45) is 0 Å². The summed E-state index contributed by atoms with van der Waals surface area (Å²) in [6.45, 7) is 0.612. The van der Waals surface area contributed by atoms with Crippen LogP contribution >= 0.6 is 11.3 Å². The SMILES string of the molecule is CN(C)C(CNC(=O)N(C)[C@@H]1CCCc2ccccc21)c1ccsc1. The number of amides is 2. The Morgan fingerprint density at radius 2 is 2.08 bits per heavy atom. The largest absolute Gasteiger partial charge is 0.336 e. The third-order valence-corrected chi connectivity index (χ3v) is 5.83. The van der Waals surface area contributed by atoms with Gasteiger partial charge in [-0.2, -0.15) is 11.3 Å². The summed E-state index contributed by atoms with van der Waals surface area (Å²) in [7, 11) is 6.02. The first-order valence-electron chi connectivity index (χ1n) is 8.85. The lowest BCUT2D eigenvalue weighted by Crippen LogP contribution is -2.43. The van der Waals surface area contributed by atoms with Gasteiger partial charge in [0.25, 0.3) is 0 Å². The number of urea groups is 1. The molecule has 1 aliphatic carbocycles. The van der Waals surface area contributed by atoms with Gasteiger partial charge in [0.1, 0.15) is 0 Å². The summed E-state index contributed by atoms with van der Waals surface area (Å²) in [6.07, 6.45) is 3.28. The molecule has 0 fully saturated rings. The predicted octanol–water partition coefficient (Wildman–Crippen LogP) is 4.07. The first kappa shape index (κ1) is 18.0. The lowest BCUT2D eigenvalue weighted by atomic mass is 9.87. The van der Waals surface area contributed by atoms with Crippen LogP contribution in [-0.4, -0.2) is 43.5 Å². The highest BCUT2D eigenvalue weighted by atomic mass is 32.1. The van der Waals surface area contributed by atoms with Crippen molar-refractivity contribution in [3.8, 4) is 0 Å². The number of benzene rings is 1. The van der Waals surface area contributed by atoms with Gasteiger partial charge in [0, 0.05) is 13.6 Å². The molecule has 1 heterocycles. The van der Waals surface area contributed by atoms with Crippen LogP contribution in [0.2, 0.25) is 0 Å². The van der Waals surface area contributed by atoms with Crippen molar-refractivity contribution in [2.75, 3.05) is 27.7 Å². The molecule has 1 aliphatic rings. The smallest absolute Gasteiger partial charge is 0.317 e. The Hall–Kier alpha value is -1.85. The van der Waals surface area contributed by atoms with Crippen LogP contribution in [0.4, 0.5) is 4.79 Å². The fourth-order valence-corrected chi connectivity index (χ4v) is 4.35. The fraction of sp³-hybridized carbons (Fsp3) is 0.450. The summed E-state index contributed by atoms with van der Waals surface area (Å²) in [6, 6.07) is 11.0. The highest BCUT2D eigenvalue weighted by molar-refractivity contribution is 7.07. The number of hydrogen-bond acceptors (Lipinski definition) is 3. The molecule has 0 spiro atoms. The van der Waals surface area contributed by atoms with Crippen molar-refractivity contribution >= 4 is 17.4 Å². The molecule has 0 bridgehead atoms. The van der Waals surface area contributed by atoms with Crippen molar-refractivity contribution in [2.45, 2.75) is 31.3 Å². The molecule has 25 heavy (non-hydrogen) atoms. The first-order chi connectivity index (χ1) is 12.1. The van der Waals surface area contributed by atoms with Gasteiger partial charge in [-0.1, -0.05) is 24.3 Å². The summed E-state index contributed by atoms with van der Waals surface area (Å²) in [5, 5.41) is 7.36. The second-order valence-corrected chi connectivity index (χ2v) is 7.72. The molecular formula is C20H27N3OS. The van der Waals surface area contributed by atoms with Gasteiger partial charge >= 0.3 is 6.03 Å². The van der Waals surface area contributed by atoms with Crippen LogP contribution in [0, 0.1) is 0 Å². The van der Waals surface area contributed by atoms with Gasteiger partial charge in [-0.25, -0.2) is 4.79 Å². The molecule has 2 aromatic rings. The number of hydrogen-bond donors (Lipinski definition) is 1. The van der Waals surface area contributed by atoms with Crippen LogP contribution in [0.5, 0.6) is 0 Å². The van der Waals surface area contributed by atoms with E-state index < -0.39 is 0 Å². The van der Waals surface area contributed by atoms with E-state index in [4.69, 9.17) is 0 Å². The lowest BCUT2D eigenvalue weighted by molar-refractivity contribution is 0.179. The summed E-state index contributed by atoms with van der Waals surface area (Å²) >= 11 is 1.69. The number of carbonyl (C=O) groups is 1. The Morgan fingerprint density at radius 3 is 2.80 bits per heavy atom. The Balaban J connectivity index is 1.65. The second kappa shape index (κ2) is 8.02. The Labute approximate surface area is 154 Å². The van der Waals surface area contributed by atoms with Gasteiger partial charge in [-0.15, -0.1) is 0 Å². The number of rotatable bonds is 5. The third kappa shape index (κ3) is 4.05. The van der Waals surface area contributed by atoms with Crippen molar-refractivity contribution < 1.29 is 4.79 Å². The van der Waals surface area contributed by atoms with E-state index in [1.165, 1.54) is 16.7 Å². The molecule has 1 aromatic heterocycles. The van der Waals surface area contributed by atoms with Gasteiger partial charge in [0.05, 0.1) is 12.1 Å². The second-order valence-electron chi connectivity index (χ2n) is 6.94. The minimum absolute atomic E-state index is 0.00350. The number of likely N-dealkylation sites (N-methyl/N-ethyl adjacent to an activating group) is 1. The Kier molecular flexibility index (Phi) is 5.76. The average molecular weight is 358 g/mol. The number of carbonyl (C=O) groups excluding carboxylic acids is 1. The van der Waals surface area contributed by atoms with E-state index in [1.807, 2.05) is 11.9 Å². The van der Waals surface area contributed by atoms with E-state index in [0.29, 0.717) is 6.54 Å². The molecule has 2 atom stereocenters. The van der Waals surface area contributed by atoms with Crippen molar-refractivity contribution in [1.82, 2.24) is 15.1 Å². The monoisotopic (exact) mass is 357 g/mol. The summed E-state index contributed by atoms with van der Waals surface area (Å²) in [5.74, 6) is 0. The van der Waals surface area contributed by atoms with E-state index in [-0.39, 0.29) is 18.1 Å². The summed E-state index contributed by atoms with van der Waals surface area (Å²) in [5.41, 5.74) is 3.93. The van der Waals surface area contributed by atoms with E-state index in [2.05, 4.69) is 65.4 Å². The Bertz CT molecular complexity index is 699. The maximum atomic E-state index is 12.7. The van der Waals surface area contributed by atoms with E-state index in [1.54, 1.807) is 11.3 Å². The molecule has 0 radical (unpaired) electrons. The molecule has 0 saturated carbocycles. The molecule has 0 saturated heterocycles. The average Bonchev–Trinajstić information content (AvgIpc) is 3.14. The quantitative estimate of drug-likeness (QED) is 0.875. The Morgan fingerprint density at radius 1 is 1.28 bits per heavy atom. The molecular weight excluding hydrogens is 330 g/mol. The van der Waals surface area contributed by atoms with E-state index >= 15 is 0 Å². The standard InChI is InChI=1S/C20H27N3OS/c1-22(2)19(16-11-12-25-14-16)13-21-20(24)23(3)18-10-6-8-15-7-4-5-9-17(15)18/h4-5,7,9,11-12,14,18-19H,6,8,10,13H2,1-3H3,(H,21,24)/t18-,19?/m1/s1. The minimum atomic E-state index is 0.00350. The van der Waals surface area contributed by atoms with Gasteiger partial charge in [0.15, 0.2) is 0 Å². The molecule has 134 valence electrons. The maximum Gasteiger partial charge on any atom is 0.317 e. The van der Waals surface area contributed by atoms with Crippen LogP contribution < -0.4 is 5.32 Å².